The Morgan fingerprint density at radius 3 is 2.04 bits per heavy atom. The standard InChI is InChI=1S/C17H19N6/c1-21-11-12-22(2)17(21)23(16-9-5-14(19)6-10-16)20-15-7-3-13(18)4-8-15/h3-12,18H,19H2,1-2H3/q+1/p+1. The monoisotopic (exact) mass is 308 g/mol. The van der Waals surface area contributed by atoms with Gasteiger partial charge in [-0.25, -0.2) is 0 Å². The van der Waals surface area contributed by atoms with Crippen molar-refractivity contribution in [2.75, 3.05) is 11.5 Å². The third kappa shape index (κ3) is 3.06. The molecule has 2 aromatic carbocycles. The fraction of sp³-hybridized carbons (Fsp3) is 0.118. The van der Waals surface area contributed by atoms with Crippen molar-refractivity contribution in [2.24, 2.45) is 19.2 Å². The van der Waals surface area contributed by atoms with Crippen LogP contribution in [0.1, 0.15) is 0 Å². The first-order chi connectivity index (χ1) is 11.0. The van der Waals surface area contributed by atoms with Crippen molar-refractivity contribution in [3.05, 3.63) is 60.9 Å². The zero-order chi connectivity index (χ0) is 16.4. The number of benzene rings is 2. The zero-order valence-electron chi connectivity index (χ0n) is 13.2. The first-order valence-corrected chi connectivity index (χ1v) is 7.28. The predicted molar refractivity (Wildman–Crippen MR) is 91.8 cm³/mol. The molecule has 0 amide bonds. The maximum atomic E-state index is 5.80. The number of hydrogen-bond donors (Lipinski definition) is 2. The summed E-state index contributed by atoms with van der Waals surface area (Å²) < 4.78 is 5.90. The second kappa shape index (κ2) is 5.92. The van der Waals surface area contributed by atoms with E-state index in [4.69, 9.17) is 16.6 Å². The average Bonchev–Trinajstić information content (AvgIpc) is 2.87. The van der Waals surface area contributed by atoms with Crippen molar-refractivity contribution < 1.29 is 4.57 Å². The summed E-state index contributed by atoms with van der Waals surface area (Å²) in [5, 5.41) is 4.76. The molecule has 0 aliphatic rings. The van der Waals surface area contributed by atoms with Crippen LogP contribution in [-0.4, -0.2) is 4.57 Å². The van der Waals surface area contributed by atoms with Gasteiger partial charge in [-0.05, 0) is 58.3 Å². The minimum absolute atomic E-state index is 0.715. The Morgan fingerprint density at radius 1 is 0.957 bits per heavy atom. The van der Waals surface area contributed by atoms with Crippen LogP contribution in [0.15, 0.2) is 66.0 Å². The fourth-order valence-corrected chi connectivity index (χ4v) is 2.37. The Kier molecular flexibility index (Phi) is 3.80. The molecule has 0 aliphatic heterocycles. The minimum Gasteiger partial charge on any atom is -0.399 e. The van der Waals surface area contributed by atoms with Gasteiger partial charge in [0.25, 0.3) is 0 Å². The zero-order valence-corrected chi connectivity index (χ0v) is 13.2. The molecule has 6 heteroatoms. The van der Waals surface area contributed by atoms with Gasteiger partial charge in [0.1, 0.15) is 19.8 Å². The van der Waals surface area contributed by atoms with Crippen LogP contribution in [-0.2, 0) is 14.1 Å². The second-order valence-corrected chi connectivity index (χ2v) is 5.41. The summed E-state index contributed by atoms with van der Waals surface area (Å²) in [6.45, 7) is 0. The van der Waals surface area contributed by atoms with Gasteiger partial charge in [-0.2, -0.15) is 9.13 Å². The van der Waals surface area contributed by atoms with Crippen molar-refractivity contribution >= 4 is 28.7 Å². The first-order valence-electron chi connectivity index (χ1n) is 7.28. The van der Waals surface area contributed by atoms with E-state index in [0.717, 1.165) is 23.0 Å². The van der Waals surface area contributed by atoms with Crippen LogP contribution in [0, 0.1) is 0 Å². The number of anilines is 2. The van der Waals surface area contributed by atoms with Crippen LogP contribution < -0.4 is 20.7 Å². The highest BCUT2D eigenvalue weighted by Crippen LogP contribution is 2.23. The van der Waals surface area contributed by atoms with Crippen molar-refractivity contribution in [2.45, 2.75) is 0 Å². The van der Waals surface area contributed by atoms with Crippen molar-refractivity contribution in [3.8, 4) is 0 Å². The molecule has 0 saturated carbocycles. The van der Waals surface area contributed by atoms with Crippen LogP contribution >= 0.6 is 0 Å². The number of aryl methyl sites for hydroxylation is 2. The second-order valence-electron chi connectivity index (χ2n) is 5.41. The van der Waals surface area contributed by atoms with E-state index >= 15 is 0 Å². The van der Waals surface area contributed by atoms with E-state index in [1.807, 2.05) is 88.9 Å². The van der Waals surface area contributed by atoms with Gasteiger partial charge < -0.3 is 11.5 Å². The third-order valence-electron chi connectivity index (χ3n) is 3.58. The van der Waals surface area contributed by atoms with Crippen LogP contribution in [0.4, 0.5) is 28.7 Å². The molecular formula is C17H20N6+2. The van der Waals surface area contributed by atoms with E-state index in [1.54, 1.807) is 0 Å². The van der Waals surface area contributed by atoms with Crippen LogP contribution in [0.5, 0.6) is 0 Å². The van der Waals surface area contributed by atoms with Crippen LogP contribution in [0.25, 0.3) is 0 Å². The minimum atomic E-state index is 0.715. The molecule has 0 aliphatic carbocycles. The Labute approximate surface area is 134 Å². The molecule has 0 radical (unpaired) electrons. The highest BCUT2D eigenvalue weighted by molar-refractivity contribution is 5.52. The molecule has 3 rings (SSSR count). The lowest BCUT2D eigenvalue weighted by Gasteiger charge is -2.01. The number of azo groups is 2. The summed E-state index contributed by atoms with van der Waals surface area (Å²) in [7, 11) is 3.97. The molecule has 0 bridgehead atoms. The van der Waals surface area contributed by atoms with E-state index in [1.165, 1.54) is 0 Å². The Bertz CT molecular complexity index is 824. The molecule has 0 atom stereocenters. The molecular weight excluding hydrogens is 288 g/mol. The summed E-state index contributed by atoms with van der Waals surface area (Å²) >= 11 is 0. The van der Waals surface area contributed by atoms with Crippen molar-refractivity contribution in [3.63, 3.8) is 0 Å². The number of aromatic nitrogens is 2. The van der Waals surface area contributed by atoms with Gasteiger partial charge >= 0.3 is 5.95 Å². The summed E-state index contributed by atoms with van der Waals surface area (Å²) in [6.07, 6.45) is 3.97. The summed E-state index contributed by atoms with van der Waals surface area (Å²) in [4.78, 5) is 0. The largest absolute Gasteiger partial charge is 0.560 e. The molecule has 1 aromatic heterocycles. The van der Waals surface area contributed by atoms with Crippen molar-refractivity contribution in [1.82, 2.24) is 9.26 Å². The molecule has 0 fully saturated rings. The molecule has 0 saturated heterocycles. The molecule has 0 unspecified atom stereocenters. The highest BCUT2D eigenvalue weighted by atomic mass is 15.4. The van der Waals surface area contributed by atoms with Gasteiger partial charge in [0.05, 0.1) is 0 Å². The number of rotatable bonds is 3. The van der Waals surface area contributed by atoms with Gasteiger partial charge in [-0.1, -0.05) is 0 Å². The number of nitrogens with zero attached hydrogens (tertiary/aromatic N) is 4. The lowest BCUT2D eigenvalue weighted by Crippen LogP contribution is -2.31. The quantitative estimate of drug-likeness (QED) is 0.443. The number of hydrogen-bond acceptors (Lipinski definition) is 3. The van der Waals surface area contributed by atoms with Gasteiger partial charge in [0.15, 0.2) is 18.1 Å². The van der Waals surface area contributed by atoms with Crippen molar-refractivity contribution in [1.29, 1.82) is 0 Å². The normalized spacial score (nSPS) is 11.7. The van der Waals surface area contributed by atoms with E-state index in [-0.39, 0.29) is 0 Å². The summed E-state index contributed by atoms with van der Waals surface area (Å²) in [6, 6.07) is 15.1. The summed E-state index contributed by atoms with van der Waals surface area (Å²) in [5.41, 5.74) is 14.7. The van der Waals surface area contributed by atoms with E-state index in [0.29, 0.717) is 5.69 Å². The lowest BCUT2D eigenvalue weighted by molar-refractivity contribution is -0.660. The Hall–Kier alpha value is -3.15. The molecule has 23 heavy (non-hydrogen) atoms. The van der Waals surface area contributed by atoms with E-state index in [9.17, 15) is 0 Å². The third-order valence-corrected chi connectivity index (χ3v) is 3.58. The Morgan fingerprint density at radius 2 is 1.52 bits per heavy atom. The molecule has 1 heterocycles. The fourth-order valence-electron chi connectivity index (χ4n) is 2.37. The van der Waals surface area contributed by atoms with E-state index < -0.39 is 0 Å². The molecule has 6 nitrogen and oxygen atoms in total. The van der Waals surface area contributed by atoms with Gasteiger partial charge in [-0.3, -0.25) is 0 Å². The molecule has 4 N–H and O–H groups in total. The Balaban J connectivity index is 2.17. The molecule has 0 spiro atoms. The summed E-state index contributed by atoms with van der Waals surface area (Å²) in [5.74, 6) is 0.923. The van der Waals surface area contributed by atoms with E-state index in [2.05, 4.69) is 0 Å². The number of nitrogen functional groups attached to an aromatic ring is 2. The molecule has 3 aromatic rings. The van der Waals surface area contributed by atoms with Gasteiger partial charge in [-0.15, -0.1) is 0 Å². The SMILES string of the molecule is Cn1cc[n+](C)c1[N+](=Nc1ccc(N)cc1)c1ccc(N)cc1. The predicted octanol–water partition coefficient (Wildman–Crippen LogP) is 2.63. The topological polar surface area (TPSA) is 76.2 Å². The van der Waals surface area contributed by atoms with Gasteiger partial charge in [0, 0.05) is 11.4 Å². The van der Waals surface area contributed by atoms with Crippen LogP contribution in [0.3, 0.4) is 0 Å². The molecule has 116 valence electrons. The maximum absolute atomic E-state index is 5.80. The van der Waals surface area contributed by atoms with Gasteiger partial charge in [0.2, 0.25) is 0 Å². The maximum Gasteiger partial charge on any atom is 0.560 e. The first kappa shape index (κ1) is 14.8. The average molecular weight is 308 g/mol. The number of imidazole rings is 1. The smallest absolute Gasteiger partial charge is 0.399 e. The lowest BCUT2D eigenvalue weighted by atomic mass is 10.3. The number of nitrogens with two attached hydrogens (primary N) is 2. The van der Waals surface area contributed by atoms with Crippen LogP contribution in [0.2, 0.25) is 0 Å². The highest BCUT2D eigenvalue weighted by Gasteiger charge is 2.29.